The summed E-state index contributed by atoms with van der Waals surface area (Å²) in [7, 11) is 0. The molecule has 0 unspecified atom stereocenters. The fourth-order valence-electron chi connectivity index (χ4n) is 7.10. The van der Waals surface area contributed by atoms with E-state index in [2.05, 4.69) is 0 Å². The van der Waals surface area contributed by atoms with Crippen LogP contribution in [0.4, 0.5) is 0 Å². The van der Waals surface area contributed by atoms with Crippen LogP contribution in [-0.4, -0.2) is 131 Å². The fourth-order valence-corrected chi connectivity index (χ4v) is 7.10. The van der Waals surface area contributed by atoms with Crippen molar-refractivity contribution in [1.82, 2.24) is 0 Å². The van der Waals surface area contributed by atoms with Gasteiger partial charge in [-0.3, -0.25) is 0 Å². The Morgan fingerprint density at radius 2 is 1.07 bits per heavy atom. The normalized spacial score (nSPS) is 31.5. The molecule has 2 saturated heterocycles. The Kier molecular flexibility index (Phi) is 11.4. The molecule has 12 atom stereocenters. The van der Waals surface area contributed by atoms with Crippen LogP contribution >= 0.6 is 0 Å². The van der Waals surface area contributed by atoms with Crippen LogP contribution in [0.5, 0.6) is 34.5 Å². The maximum Gasteiger partial charge on any atom is 0.229 e. The minimum absolute atomic E-state index is 0.00103. The van der Waals surface area contributed by atoms with Gasteiger partial charge in [-0.05, 0) is 64.7 Å². The second kappa shape index (κ2) is 16.2. The molecule has 16 heteroatoms. The number of fused-ring (bicyclic) bond motifs is 1. The Bertz CT molecular complexity index is 2000. The van der Waals surface area contributed by atoms with Gasteiger partial charge in [0.2, 0.25) is 12.6 Å². The van der Waals surface area contributed by atoms with E-state index in [1.54, 1.807) is 48.6 Å². The van der Waals surface area contributed by atoms with Gasteiger partial charge in [0, 0.05) is 17.7 Å². The average Bonchev–Trinajstić information content (AvgIpc) is 3.57. The highest BCUT2D eigenvalue weighted by atomic mass is 16.7. The van der Waals surface area contributed by atoms with Crippen LogP contribution in [0.25, 0.3) is 12.2 Å². The number of ether oxygens (including phenoxy) is 5. The van der Waals surface area contributed by atoms with Crippen LogP contribution < -0.4 is 14.2 Å². The molecule has 0 spiro atoms. The van der Waals surface area contributed by atoms with Crippen LogP contribution in [-0.2, 0) is 9.47 Å². The van der Waals surface area contributed by atoms with Crippen molar-refractivity contribution in [2.45, 2.75) is 73.4 Å². The number of phenolic OH excluding ortho intramolecular Hbond substituents is 3. The molecule has 3 aliphatic rings. The van der Waals surface area contributed by atoms with E-state index in [1.807, 2.05) is 0 Å². The third kappa shape index (κ3) is 7.85. The van der Waals surface area contributed by atoms with E-state index >= 15 is 0 Å². The lowest BCUT2D eigenvalue weighted by Gasteiger charge is -2.39. The van der Waals surface area contributed by atoms with Crippen molar-refractivity contribution in [3.63, 3.8) is 0 Å². The molecule has 0 amide bonds. The summed E-state index contributed by atoms with van der Waals surface area (Å²) in [5.74, 6) is -0.560. The SMILES string of the molecule is OC[C@H]1O[C@@H](Oc2cc(O)cc([C@@H]3c4c(/C=C/c5ccc(O)cc5)cc(O[C@@H]5O[C@H](CO)[C@@H](O)[C@H](O)[C@H]5O)cc4O[C@H]3c3ccc(O)cc3)c2)[C@H](O)[C@@H](O)[C@@H]1O. The molecule has 7 rings (SSSR count). The van der Waals surface area contributed by atoms with Crippen molar-refractivity contribution < 1.29 is 79.9 Å². The number of aliphatic hydroxyl groups excluding tert-OH is 8. The van der Waals surface area contributed by atoms with Gasteiger partial charge in [0.1, 0.15) is 89.4 Å². The maximum atomic E-state index is 11.0. The zero-order chi connectivity index (χ0) is 39.8. The Hall–Kier alpha value is -4.98. The first-order valence-corrected chi connectivity index (χ1v) is 17.7. The Labute approximate surface area is 319 Å². The first-order valence-electron chi connectivity index (χ1n) is 17.7. The van der Waals surface area contributed by atoms with Crippen molar-refractivity contribution in [1.29, 1.82) is 0 Å². The number of phenols is 3. The smallest absolute Gasteiger partial charge is 0.229 e. The Balaban J connectivity index is 1.33. The summed E-state index contributed by atoms with van der Waals surface area (Å²) in [6.45, 7) is -1.34. The number of aliphatic hydroxyl groups is 8. The molecular formula is C40H42O16. The number of hydrogen-bond acceptors (Lipinski definition) is 16. The van der Waals surface area contributed by atoms with E-state index in [4.69, 9.17) is 23.7 Å². The van der Waals surface area contributed by atoms with Crippen molar-refractivity contribution >= 4 is 12.2 Å². The summed E-state index contributed by atoms with van der Waals surface area (Å²) < 4.78 is 29.7. The predicted molar refractivity (Wildman–Crippen MR) is 194 cm³/mol. The molecule has 0 aliphatic carbocycles. The van der Waals surface area contributed by atoms with Crippen molar-refractivity contribution in [2.75, 3.05) is 13.2 Å². The Morgan fingerprint density at radius 3 is 1.62 bits per heavy atom. The summed E-state index contributed by atoms with van der Waals surface area (Å²) in [4.78, 5) is 0. The quantitative estimate of drug-likeness (QED) is 0.0985. The summed E-state index contributed by atoms with van der Waals surface area (Å²) in [5, 5.41) is 113. The molecule has 298 valence electrons. The van der Waals surface area contributed by atoms with Crippen LogP contribution in [0.1, 0.15) is 39.8 Å². The topological polar surface area (TPSA) is 269 Å². The molecule has 0 radical (unpaired) electrons. The van der Waals surface area contributed by atoms with E-state index in [1.165, 1.54) is 42.5 Å². The second-order valence-corrected chi connectivity index (χ2v) is 13.8. The van der Waals surface area contributed by atoms with Crippen molar-refractivity contribution in [3.05, 3.63) is 107 Å². The van der Waals surface area contributed by atoms with E-state index in [9.17, 15) is 56.2 Å². The van der Waals surface area contributed by atoms with Gasteiger partial charge in [-0.25, -0.2) is 0 Å². The fraction of sp³-hybridized carbons (Fsp3) is 0.350. The molecule has 4 aromatic rings. The van der Waals surface area contributed by atoms with E-state index < -0.39 is 86.6 Å². The lowest BCUT2D eigenvalue weighted by molar-refractivity contribution is -0.277. The number of hydrogen-bond donors (Lipinski definition) is 11. The lowest BCUT2D eigenvalue weighted by Crippen LogP contribution is -2.60. The maximum absolute atomic E-state index is 11.0. The Morgan fingerprint density at radius 1 is 0.536 bits per heavy atom. The molecule has 16 nitrogen and oxygen atoms in total. The van der Waals surface area contributed by atoms with Gasteiger partial charge in [0.25, 0.3) is 0 Å². The number of benzene rings is 4. The van der Waals surface area contributed by atoms with Crippen molar-refractivity contribution in [3.8, 4) is 34.5 Å². The molecule has 3 heterocycles. The summed E-state index contributed by atoms with van der Waals surface area (Å²) >= 11 is 0. The van der Waals surface area contributed by atoms with Gasteiger partial charge in [-0.15, -0.1) is 0 Å². The lowest BCUT2D eigenvalue weighted by atomic mass is 9.82. The van der Waals surface area contributed by atoms with E-state index in [0.29, 0.717) is 27.8 Å². The minimum Gasteiger partial charge on any atom is -0.508 e. The van der Waals surface area contributed by atoms with Crippen LogP contribution in [0.2, 0.25) is 0 Å². The molecule has 11 N–H and O–H groups in total. The number of aromatic hydroxyl groups is 3. The van der Waals surface area contributed by atoms with Gasteiger partial charge < -0.3 is 79.9 Å². The zero-order valence-electron chi connectivity index (χ0n) is 29.5. The molecule has 2 fully saturated rings. The third-order valence-corrected chi connectivity index (χ3v) is 10.1. The monoisotopic (exact) mass is 778 g/mol. The van der Waals surface area contributed by atoms with Crippen molar-refractivity contribution in [2.24, 2.45) is 0 Å². The minimum atomic E-state index is -1.72. The van der Waals surface area contributed by atoms with Crippen LogP contribution in [0, 0.1) is 0 Å². The van der Waals surface area contributed by atoms with Gasteiger partial charge in [-0.2, -0.15) is 0 Å². The predicted octanol–water partition coefficient (Wildman–Crippen LogP) is 0.597. The van der Waals surface area contributed by atoms with Gasteiger partial charge >= 0.3 is 0 Å². The molecule has 0 aromatic heterocycles. The van der Waals surface area contributed by atoms with Gasteiger partial charge in [-0.1, -0.05) is 36.4 Å². The highest BCUT2D eigenvalue weighted by Crippen LogP contribution is 2.54. The molecular weight excluding hydrogens is 736 g/mol. The van der Waals surface area contributed by atoms with Crippen LogP contribution in [0.3, 0.4) is 0 Å². The highest BCUT2D eigenvalue weighted by Gasteiger charge is 2.47. The molecule has 56 heavy (non-hydrogen) atoms. The van der Waals surface area contributed by atoms with Gasteiger partial charge in [0.05, 0.1) is 19.1 Å². The molecule has 3 aliphatic heterocycles. The van der Waals surface area contributed by atoms with Crippen LogP contribution in [0.15, 0.2) is 78.9 Å². The molecule has 0 bridgehead atoms. The second-order valence-electron chi connectivity index (χ2n) is 13.8. The van der Waals surface area contributed by atoms with E-state index in [0.717, 1.165) is 0 Å². The molecule has 0 saturated carbocycles. The number of rotatable bonds is 10. The summed E-state index contributed by atoms with van der Waals surface area (Å²) in [5.41, 5.74) is 2.82. The average molecular weight is 779 g/mol. The summed E-state index contributed by atoms with van der Waals surface area (Å²) in [6.07, 6.45) is -12.9. The zero-order valence-corrected chi connectivity index (χ0v) is 29.5. The van der Waals surface area contributed by atoms with E-state index in [-0.39, 0.29) is 34.5 Å². The first-order chi connectivity index (χ1) is 26.8. The van der Waals surface area contributed by atoms with Gasteiger partial charge in [0.15, 0.2) is 0 Å². The molecule has 4 aromatic carbocycles. The third-order valence-electron chi connectivity index (χ3n) is 10.1. The first kappa shape index (κ1) is 39.3. The standard InChI is InChI=1S/C40H42O16/c41-16-28-32(46)34(48)36(50)39(55-28)52-25-13-21(11-24(45)14-25)31-30-20(4-1-18-2-7-22(43)8-3-18)12-26(53-40-37(51)35(49)33(47)29(17-42)56-40)15-27(30)54-38(31)19-5-9-23(44)10-6-19/h1-15,28-29,31-51H,16-17H2/b4-1+/t28-,29-,31-,32-,33-,34+,35+,36-,37-,38+,39-,40-/m1/s1. The largest absolute Gasteiger partial charge is 0.508 e. The summed E-state index contributed by atoms with van der Waals surface area (Å²) in [6, 6.07) is 20.1. The highest BCUT2D eigenvalue weighted by molar-refractivity contribution is 5.75.